The van der Waals surface area contributed by atoms with Crippen molar-refractivity contribution >= 4 is 17.0 Å². The van der Waals surface area contributed by atoms with Gasteiger partial charge >= 0.3 is 0 Å². The first-order valence-corrected chi connectivity index (χ1v) is 2.88. The summed E-state index contributed by atoms with van der Waals surface area (Å²) in [4.78, 5) is 0. The molecule has 0 aliphatic heterocycles. The summed E-state index contributed by atoms with van der Waals surface area (Å²) in [7, 11) is 0.696. The van der Waals surface area contributed by atoms with E-state index < -0.39 is 0 Å². The predicted molar refractivity (Wildman–Crippen MR) is 27.1 cm³/mol. The van der Waals surface area contributed by atoms with Gasteiger partial charge in [0.2, 0.25) is 0 Å². The Morgan fingerprint density at radius 3 is 2.00 bits per heavy atom. The SMILES string of the molecule is CPCO.[B]. The summed E-state index contributed by atoms with van der Waals surface area (Å²) in [6.45, 7) is 1.96. The van der Waals surface area contributed by atoms with Crippen LogP contribution in [0.5, 0.6) is 0 Å². The third-order valence-electron chi connectivity index (χ3n) is 0.158. The number of hydrogen-bond acceptors (Lipinski definition) is 1. The Bertz CT molecular complexity index is 11.6. The maximum Gasteiger partial charge on any atom is 0.0593 e. The molecular formula is C2H7BOP. The van der Waals surface area contributed by atoms with E-state index in [9.17, 15) is 0 Å². The van der Waals surface area contributed by atoms with Crippen molar-refractivity contribution in [3.05, 3.63) is 0 Å². The number of aliphatic hydroxyl groups is 1. The van der Waals surface area contributed by atoms with Crippen molar-refractivity contribution in [1.82, 2.24) is 0 Å². The van der Waals surface area contributed by atoms with E-state index in [-0.39, 0.29) is 8.41 Å². The van der Waals surface area contributed by atoms with E-state index >= 15 is 0 Å². The van der Waals surface area contributed by atoms with Crippen LogP contribution < -0.4 is 0 Å². The standard InChI is InChI=1S/C2H7OP.B/c1-4-2-3;/h3-4H,2H2,1H3;. The topological polar surface area (TPSA) is 20.2 Å². The lowest BCUT2D eigenvalue weighted by atomic mass is 10.8. The average Bonchev–Trinajstić information content (AvgIpc) is 1.37. The quantitative estimate of drug-likeness (QED) is 0.350. The monoisotopic (exact) mass is 89.0 g/mol. The maximum atomic E-state index is 7.89. The molecule has 0 saturated carbocycles. The molecule has 0 aromatic rings. The van der Waals surface area contributed by atoms with Crippen molar-refractivity contribution in [2.75, 3.05) is 13.0 Å². The molecule has 1 unspecified atom stereocenters. The molecule has 0 aromatic carbocycles. The summed E-state index contributed by atoms with van der Waals surface area (Å²) in [5, 5.41) is 7.89. The molecular weight excluding hydrogens is 81.8 g/mol. The Morgan fingerprint density at radius 2 is 2.00 bits per heavy atom. The molecule has 29 valence electrons. The Kier molecular flexibility index (Phi) is 16.0. The van der Waals surface area contributed by atoms with Crippen LogP contribution in [-0.2, 0) is 0 Å². The van der Waals surface area contributed by atoms with E-state index in [0.29, 0.717) is 14.9 Å². The van der Waals surface area contributed by atoms with Gasteiger partial charge in [0.1, 0.15) is 0 Å². The molecule has 1 N–H and O–H groups in total. The number of hydrogen-bond donors (Lipinski definition) is 1. The van der Waals surface area contributed by atoms with Crippen LogP contribution in [0.1, 0.15) is 0 Å². The maximum absolute atomic E-state index is 7.89. The minimum absolute atomic E-state index is 0. The van der Waals surface area contributed by atoms with Gasteiger partial charge in [-0.15, -0.1) is 0 Å². The van der Waals surface area contributed by atoms with Crippen LogP contribution in [0.15, 0.2) is 0 Å². The van der Waals surface area contributed by atoms with Gasteiger partial charge in [0.15, 0.2) is 0 Å². The van der Waals surface area contributed by atoms with Crippen molar-refractivity contribution in [3.63, 3.8) is 0 Å². The smallest absolute Gasteiger partial charge is 0.0593 e. The van der Waals surface area contributed by atoms with Crippen LogP contribution in [0.2, 0.25) is 0 Å². The van der Waals surface area contributed by atoms with E-state index in [0.717, 1.165) is 0 Å². The van der Waals surface area contributed by atoms with Gasteiger partial charge in [0.25, 0.3) is 0 Å². The van der Waals surface area contributed by atoms with Crippen molar-refractivity contribution in [2.45, 2.75) is 0 Å². The van der Waals surface area contributed by atoms with Crippen molar-refractivity contribution in [3.8, 4) is 0 Å². The molecule has 0 fully saturated rings. The van der Waals surface area contributed by atoms with Gasteiger partial charge in [-0.05, 0) is 6.66 Å². The van der Waals surface area contributed by atoms with Gasteiger partial charge in [-0.2, -0.15) is 0 Å². The lowest BCUT2D eigenvalue weighted by Gasteiger charge is -1.70. The van der Waals surface area contributed by atoms with Gasteiger partial charge in [0, 0.05) is 8.41 Å². The molecule has 0 amide bonds. The van der Waals surface area contributed by atoms with Gasteiger partial charge in [0.05, 0.1) is 6.35 Å². The van der Waals surface area contributed by atoms with Crippen LogP contribution in [0.3, 0.4) is 0 Å². The largest absolute Gasteiger partial charge is 0.392 e. The molecule has 3 radical (unpaired) electrons. The summed E-state index contributed by atoms with van der Waals surface area (Å²) in [6.07, 6.45) is 0.347. The minimum Gasteiger partial charge on any atom is -0.392 e. The molecule has 1 nitrogen and oxygen atoms in total. The van der Waals surface area contributed by atoms with E-state index in [2.05, 4.69) is 0 Å². The molecule has 0 heterocycles. The predicted octanol–water partition coefficient (Wildman–Crippen LogP) is -0.136. The zero-order valence-corrected chi connectivity index (χ0v) is 4.23. The second kappa shape index (κ2) is 8.82. The molecule has 5 heavy (non-hydrogen) atoms. The summed E-state index contributed by atoms with van der Waals surface area (Å²) < 4.78 is 0. The summed E-state index contributed by atoms with van der Waals surface area (Å²) in [5.74, 6) is 0. The van der Waals surface area contributed by atoms with Gasteiger partial charge < -0.3 is 5.11 Å². The molecule has 0 aliphatic carbocycles. The molecule has 0 aromatic heterocycles. The molecule has 0 bridgehead atoms. The summed E-state index contributed by atoms with van der Waals surface area (Å²) in [5.41, 5.74) is 0. The molecule has 0 spiro atoms. The molecule has 0 aliphatic rings. The van der Waals surface area contributed by atoms with Gasteiger partial charge in [-0.1, -0.05) is 8.58 Å². The van der Waals surface area contributed by atoms with Crippen LogP contribution >= 0.6 is 8.58 Å². The fourth-order valence-electron chi connectivity index (χ4n) is 0. The highest BCUT2D eigenvalue weighted by molar-refractivity contribution is 7.36. The first-order valence-electron chi connectivity index (χ1n) is 1.17. The van der Waals surface area contributed by atoms with Crippen molar-refractivity contribution in [2.24, 2.45) is 0 Å². The Hall–Kier alpha value is 0.455. The normalized spacial score (nSPS) is 8.40. The lowest BCUT2D eigenvalue weighted by Crippen LogP contribution is -1.57. The molecule has 1 atom stereocenters. The Morgan fingerprint density at radius 1 is 1.80 bits per heavy atom. The van der Waals surface area contributed by atoms with E-state index in [1.165, 1.54) is 0 Å². The second-order valence-corrected chi connectivity index (χ2v) is 1.54. The Balaban J connectivity index is 0. The zero-order valence-electron chi connectivity index (χ0n) is 3.23. The first-order chi connectivity index (χ1) is 1.91. The zero-order chi connectivity index (χ0) is 3.41. The van der Waals surface area contributed by atoms with Gasteiger partial charge in [-0.3, -0.25) is 0 Å². The van der Waals surface area contributed by atoms with Gasteiger partial charge in [-0.25, -0.2) is 0 Å². The number of rotatable bonds is 1. The second-order valence-electron chi connectivity index (χ2n) is 0.512. The molecule has 3 heteroatoms. The lowest BCUT2D eigenvalue weighted by molar-refractivity contribution is 0.373. The summed E-state index contributed by atoms with van der Waals surface area (Å²) in [6, 6.07) is 0. The average molecular weight is 88.9 g/mol. The van der Waals surface area contributed by atoms with E-state index in [1.54, 1.807) is 0 Å². The third-order valence-corrected chi connectivity index (χ3v) is 0.474. The van der Waals surface area contributed by atoms with Crippen LogP contribution in [0.25, 0.3) is 0 Å². The Labute approximate surface area is 36.1 Å². The highest BCUT2D eigenvalue weighted by Gasteiger charge is 1.55. The van der Waals surface area contributed by atoms with E-state index in [4.69, 9.17) is 5.11 Å². The molecule has 0 rings (SSSR count). The fraction of sp³-hybridized carbons (Fsp3) is 1.00. The fourth-order valence-corrected chi connectivity index (χ4v) is 0. The highest BCUT2D eigenvalue weighted by atomic mass is 31.1. The summed E-state index contributed by atoms with van der Waals surface area (Å²) >= 11 is 0. The number of aliphatic hydroxyl groups excluding tert-OH is 1. The van der Waals surface area contributed by atoms with Crippen molar-refractivity contribution < 1.29 is 5.11 Å². The third kappa shape index (κ3) is 12.7. The molecule has 0 saturated heterocycles. The van der Waals surface area contributed by atoms with Crippen LogP contribution in [0, 0.1) is 0 Å². The van der Waals surface area contributed by atoms with Crippen LogP contribution in [0.4, 0.5) is 0 Å². The van der Waals surface area contributed by atoms with E-state index in [1.807, 2.05) is 6.66 Å². The van der Waals surface area contributed by atoms with Crippen molar-refractivity contribution in [1.29, 1.82) is 0 Å². The minimum atomic E-state index is 0. The van der Waals surface area contributed by atoms with Crippen LogP contribution in [-0.4, -0.2) is 26.5 Å². The first kappa shape index (κ1) is 9.07. The highest BCUT2D eigenvalue weighted by Crippen LogP contribution is 1.93.